The molecule has 0 saturated heterocycles. The lowest BCUT2D eigenvalue weighted by molar-refractivity contribution is 1.13. The highest BCUT2D eigenvalue weighted by Gasteiger charge is 1.98. The third-order valence-corrected chi connectivity index (χ3v) is 3.43. The number of benzene rings is 2. The van der Waals surface area contributed by atoms with E-state index in [0.29, 0.717) is 0 Å². The van der Waals surface area contributed by atoms with E-state index in [4.69, 9.17) is 0 Å². The van der Waals surface area contributed by atoms with Crippen LogP contribution >= 0.6 is 0 Å². The van der Waals surface area contributed by atoms with Crippen LogP contribution in [0.15, 0.2) is 73.1 Å². The zero-order chi connectivity index (χ0) is 14.5. The van der Waals surface area contributed by atoms with Crippen molar-refractivity contribution >= 4 is 5.69 Å². The molecule has 21 heavy (non-hydrogen) atoms. The Bertz CT molecular complexity index is 703. The quantitative estimate of drug-likeness (QED) is 0.748. The summed E-state index contributed by atoms with van der Waals surface area (Å²) in [5.74, 6) is 0. The molecule has 0 aliphatic carbocycles. The highest BCUT2D eigenvalue weighted by Crippen LogP contribution is 2.19. The normalized spacial score (nSPS) is 10.3. The molecule has 2 heteroatoms. The standard InChI is InChI=1S/C19H18N2/c1-15-11-19(14-20-12-15)21-13-16-7-9-18(10-8-16)17-5-3-2-4-6-17/h2-12,14,21H,13H2,1H3. The molecule has 0 radical (unpaired) electrons. The van der Waals surface area contributed by atoms with Gasteiger partial charge < -0.3 is 5.32 Å². The Kier molecular flexibility index (Phi) is 3.97. The molecule has 0 atom stereocenters. The van der Waals surface area contributed by atoms with Crippen LogP contribution in [0.4, 0.5) is 5.69 Å². The molecule has 0 spiro atoms. The van der Waals surface area contributed by atoms with Gasteiger partial charge in [0.25, 0.3) is 0 Å². The van der Waals surface area contributed by atoms with Gasteiger partial charge in [-0.2, -0.15) is 0 Å². The molecule has 2 aromatic carbocycles. The summed E-state index contributed by atoms with van der Waals surface area (Å²) in [6.07, 6.45) is 3.71. The minimum Gasteiger partial charge on any atom is -0.380 e. The third-order valence-electron chi connectivity index (χ3n) is 3.43. The number of aryl methyl sites for hydroxylation is 1. The van der Waals surface area contributed by atoms with Gasteiger partial charge in [-0.25, -0.2) is 0 Å². The van der Waals surface area contributed by atoms with Crippen molar-refractivity contribution in [1.82, 2.24) is 4.98 Å². The smallest absolute Gasteiger partial charge is 0.0532 e. The van der Waals surface area contributed by atoms with E-state index >= 15 is 0 Å². The first-order valence-corrected chi connectivity index (χ1v) is 7.11. The molecule has 1 heterocycles. The summed E-state index contributed by atoms with van der Waals surface area (Å²) >= 11 is 0. The van der Waals surface area contributed by atoms with Crippen LogP contribution < -0.4 is 5.32 Å². The Morgan fingerprint density at radius 2 is 1.57 bits per heavy atom. The molecule has 0 fully saturated rings. The molecule has 0 aliphatic heterocycles. The maximum Gasteiger partial charge on any atom is 0.0532 e. The number of anilines is 1. The fraction of sp³-hybridized carbons (Fsp3) is 0.105. The van der Waals surface area contributed by atoms with Crippen LogP contribution in [0.25, 0.3) is 11.1 Å². The monoisotopic (exact) mass is 274 g/mol. The molecule has 0 amide bonds. The third kappa shape index (κ3) is 3.48. The molecule has 3 rings (SSSR count). The summed E-state index contributed by atoms with van der Waals surface area (Å²) in [6.45, 7) is 2.85. The average Bonchev–Trinajstić information content (AvgIpc) is 2.54. The lowest BCUT2D eigenvalue weighted by Crippen LogP contribution is -1.99. The summed E-state index contributed by atoms with van der Waals surface area (Å²) in [7, 11) is 0. The van der Waals surface area contributed by atoms with Gasteiger partial charge in [-0.3, -0.25) is 4.98 Å². The van der Waals surface area contributed by atoms with Crippen molar-refractivity contribution in [3.63, 3.8) is 0 Å². The number of hydrogen-bond donors (Lipinski definition) is 1. The number of hydrogen-bond acceptors (Lipinski definition) is 2. The predicted octanol–water partition coefficient (Wildman–Crippen LogP) is 4.67. The molecule has 0 aliphatic rings. The Morgan fingerprint density at radius 3 is 2.29 bits per heavy atom. The van der Waals surface area contributed by atoms with Gasteiger partial charge in [-0.05, 0) is 35.2 Å². The molecular weight excluding hydrogens is 256 g/mol. The van der Waals surface area contributed by atoms with Gasteiger partial charge in [-0.15, -0.1) is 0 Å². The van der Waals surface area contributed by atoms with Crippen LogP contribution in [0, 0.1) is 6.92 Å². The van der Waals surface area contributed by atoms with Crippen LogP contribution in [0.3, 0.4) is 0 Å². The van der Waals surface area contributed by atoms with E-state index in [2.05, 4.69) is 64.9 Å². The van der Waals surface area contributed by atoms with Crippen molar-refractivity contribution < 1.29 is 0 Å². The van der Waals surface area contributed by atoms with Gasteiger partial charge in [0.2, 0.25) is 0 Å². The van der Waals surface area contributed by atoms with E-state index in [1.165, 1.54) is 22.3 Å². The van der Waals surface area contributed by atoms with Crippen molar-refractivity contribution in [1.29, 1.82) is 0 Å². The lowest BCUT2D eigenvalue weighted by atomic mass is 10.0. The Labute approximate surface area is 125 Å². The zero-order valence-electron chi connectivity index (χ0n) is 12.1. The second-order valence-electron chi connectivity index (χ2n) is 5.17. The van der Waals surface area contributed by atoms with Crippen LogP contribution in [-0.4, -0.2) is 4.98 Å². The maximum atomic E-state index is 4.19. The fourth-order valence-corrected chi connectivity index (χ4v) is 2.30. The highest BCUT2D eigenvalue weighted by atomic mass is 14.9. The minimum absolute atomic E-state index is 0.806. The topological polar surface area (TPSA) is 24.9 Å². The van der Waals surface area contributed by atoms with E-state index < -0.39 is 0 Å². The van der Waals surface area contributed by atoms with Gasteiger partial charge in [0.15, 0.2) is 0 Å². The summed E-state index contributed by atoms with van der Waals surface area (Å²) < 4.78 is 0. The molecule has 1 N–H and O–H groups in total. The largest absolute Gasteiger partial charge is 0.380 e. The van der Waals surface area contributed by atoms with E-state index in [1.54, 1.807) is 0 Å². The summed E-state index contributed by atoms with van der Waals surface area (Å²) in [6, 6.07) is 21.2. The van der Waals surface area contributed by atoms with Crippen molar-refractivity contribution in [2.75, 3.05) is 5.32 Å². The van der Waals surface area contributed by atoms with Crippen LogP contribution in [-0.2, 0) is 6.54 Å². The number of pyridine rings is 1. The SMILES string of the molecule is Cc1cncc(NCc2ccc(-c3ccccc3)cc2)c1. The van der Waals surface area contributed by atoms with Crippen molar-refractivity contribution in [2.24, 2.45) is 0 Å². The van der Waals surface area contributed by atoms with E-state index in [0.717, 1.165) is 12.2 Å². The predicted molar refractivity (Wildman–Crippen MR) is 88.2 cm³/mol. The number of aromatic nitrogens is 1. The van der Waals surface area contributed by atoms with Crippen molar-refractivity contribution in [3.05, 3.63) is 84.2 Å². The molecule has 104 valence electrons. The van der Waals surface area contributed by atoms with E-state index in [1.807, 2.05) is 25.4 Å². The van der Waals surface area contributed by atoms with Crippen LogP contribution in [0.2, 0.25) is 0 Å². The lowest BCUT2D eigenvalue weighted by Gasteiger charge is -2.08. The second-order valence-corrected chi connectivity index (χ2v) is 5.17. The van der Waals surface area contributed by atoms with Gasteiger partial charge in [0.05, 0.1) is 5.69 Å². The number of nitrogens with zero attached hydrogens (tertiary/aromatic N) is 1. The zero-order valence-corrected chi connectivity index (χ0v) is 12.1. The van der Waals surface area contributed by atoms with Gasteiger partial charge >= 0.3 is 0 Å². The average molecular weight is 274 g/mol. The van der Waals surface area contributed by atoms with Crippen molar-refractivity contribution in [2.45, 2.75) is 13.5 Å². The van der Waals surface area contributed by atoms with Gasteiger partial charge in [-0.1, -0.05) is 54.6 Å². The summed E-state index contributed by atoms with van der Waals surface area (Å²) in [5.41, 5.74) is 5.98. The first-order chi connectivity index (χ1) is 10.3. The van der Waals surface area contributed by atoms with Crippen LogP contribution in [0.5, 0.6) is 0 Å². The summed E-state index contributed by atoms with van der Waals surface area (Å²) in [5, 5.41) is 3.40. The fourth-order valence-electron chi connectivity index (χ4n) is 2.30. The van der Waals surface area contributed by atoms with E-state index in [-0.39, 0.29) is 0 Å². The highest BCUT2D eigenvalue weighted by molar-refractivity contribution is 5.63. The second kappa shape index (κ2) is 6.23. The number of rotatable bonds is 4. The Hall–Kier alpha value is -2.61. The first-order valence-electron chi connectivity index (χ1n) is 7.11. The molecular formula is C19H18N2. The van der Waals surface area contributed by atoms with Crippen molar-refractivity contribution in [3.8, 4) is 11.1 Å². The Morgan fingerprint density at radius 1 is 0.857 bits per heavy atom. The van der Waals surface area contributed by atoms with Gasteiger partial charge in [0.1, 0.15) is 0 Å². The summed E-state index contributed by atoms with van der Waals surface area (Å²) in [4.78, 5) is 4.19. The van der Waals surface area contributed by atoms with Gasteiger partial charge in [0, 0.05) is 18.9 Å². The minimum atomic E-state index is 0.806. The molecule has 2 nitrogen and oxygen atoms in total. The Balaban J connectivity index is 1.68. The molecule has 0 bridgehead atoms. The molecule has 0 unspecified atom stereocenters. The molecule has 3 aromatic rings. The van der Waals surface area contributed by atoms with Crippen LogP contribution in [0.1, 0.15) is 11.1 Å². The first kappa shape index (κ1) is 13.4. The molecule has 1 aromatic heterocycles. The molecule has 0 saturated carbocycles. The van der Waals surface area contributed by atoms with E-state index in [9.17, 15) is 0 Å². The maximum absolute atomic E-state index is 4.19. The number of nitrogens with one attached hydrogen (secondary N) is 1.